The monoisotopic (exact) mass is 517 g/mol. The van der Waals surface area contributed by atoms with Crippen LogP contribution in [0.4, 0.5) is 4.39 Å². The minimum absolute atomic E-state index is 0.0683. The first-order valence-corrected chi connectivity index (χ1v) is 13.8. The highest BCUT2D eigenvalue weighted by atomic mass is 32.2. The lowest BCUT2D eigenvalue weighted by atomic mass is 9.79. The number of ether oxygens (including phenoxy) is 1. The summed E-state index contributed by atoms with van der Waals surface area (Å²) in [5.74, 6) is 0.756. The third-order valence-corrected chi connectivity index (χ3v) is 8.68. The Kier molecular flexibility index (Phi) is 8.99. The number of fused-ring (bicyclic) bond motifs is 1. The standard InChI is InChI=1S/C26H32FN3O3S2/c1-33-19-3-5-24-21(13-19)26(22(27)14-29-24)23(28)4-2-17-6-8-30(15-18(17)12-25(31)32)9-11-35-20-7-10-34-16-20/h3,5,7,10,13-14,16-18,23H,2,4,6,8-9,11-12,15,28H2,1H3,(H,31,32)/t17?,18?,23-/m1/s1. The molecule has 0 bridgehead atoms. The second-order valence-corrected chi connectivity index (χ2v) is 11.0. The molecule has 0 radical (unpaired) electrons. The van der Waals surface area contributed by atoms with E-state index in [4.69, 9.17) is 10.5 Å². The van der Waals surface area contributed by atoms with Crippen LogP contribution in [0.1, 0.15) is 37.3 Å². The predicted octanol–water partition coefficient (Wildman–Crippen LogP) is 5.43. The lowest BCUT2D eigenvalue weighted by Crippen LogP contribution is -2.42. The zero-order valence-electron chi connectivity index (χ0n) is 19.9. The van der Waals surface area contributed by atoms with Crippen LogP contribution in [0.3, 0.4) is 0 Å². The predicted molar refractivity (Wildman–Crippen MR) is 140 cm³/mol. The molecule has 1 saturated heterocycles. The van der Waals surface area contributed by atoms with E-state index in [1.165, 1.54) is 11.1 Å². The van der Waals surface area contributed by atoms with Gasteiger partial charge in [0.05, 0.1) is 18.8 Å². The average Bonchev–Trinajstić information content (AvgIpc) is 3.36. The molecule has 0 saturated carbocycles. The van der Waals surface area contributed by atoms with Gasteiger partial charge in [-0.1, -0.05) is 0 Å². The number of piperidine rings is 1. The van der Waals surface area contributed by atoms with E-state index in [0.29, 0.717) is 28.6 Å². The second kappa shape index (κ2) is 12.2. The first kappa shape index (κ1) is 25.9. The molecule has 0 amide bonds. The highest BCUT2D eigenvalue weighted by Gasteiger charge is 2.31. The zero-order chi connectivity index (χ0) is 24.8. The summed E-state index contributed by atoms with van der Waals surface area (Å²) in [4.78, 5) is 19.4. The lowest BCUT2D eigenvalue weighted by Gasteiger charge is -2.38. The quantitative estimate of drug-likeness (QED) is 0.328. The minimum Gasteiger partial charge on any atom is -0.497 e. The summed E-state index contributed by atoms with van der Waals surface area (Å²) in [6, 6.07) is 7.01. The SMILES string of the molecule is COc1ccc2ncc(F)c([C@H](N)CCC3CCN(CCSc4ccsc4)CC3CC(=O)O)c2c1. The number of methoxy groups -OCH3 is 1. The summed E-state index contributed by atoms with van der Waals surface area (Å²) in [6.45, 7) is 2.67. The third-order valence-electron chi connectivity index (χ3n) is 6.87. The number of halogens is 1. The first-order valence-electron chi connectivity index (χ1n) is 11.9. The minimum atomic E-state index is -0.767. The van der Waals surface area contributed by atoms with Crippen LogP contribution in [-0.2, 0) is 4.79 Å². The number of nitrogens with two attached hydrogens (primary N) is 1. The number of nitrogens with zero attached hydrogens (tertiary/aromatic N) is 2. The molecule has 3 aromatic rings. The van der Waals surface area contributed by atoms with Crippen molar-refractivity contribution in [2.75, 3.05) is 32.5 Å². The van der Waals surface area contributed by atoms with Crippen molar-refractivity contribution < 1.29 is 19.0 Å². The summed E-state index contributed by atoms with van der Waals surface area (Å²) in [7, 11) is 1.57. The van der Waals surface area contributed by atoms with E-state index in [2.05, 4.69) is 26.7 Å². The first-order chi connectivity index (χ1) is 16.9. The molecule has 6 nitrogen and oxygen atoms in total. The van der Waals surface area contributed by atoms with Crippen LogP contribution < -0.4 is 10.5 Å². The van der Waals surface area contributed by atoms with E-state index in [9.17, 15) is 14.3 Å². The molecule has 1 fully saturated rings. The number of aromatic nitrogens is 1. The molecule has 35 heavy (non-hydrogen) atoms. The molecule has 3 atom stereocenters. The van der Waals surface area contributed by atoms with Gasteiger partial charge in [-0.2, -0.15) is 11.3 Å². The number of likely N-dealkylation sites (tertiary alicyclic amines) is 1. The third kappa shape index (κ3) is 6.73. The van der Waals surface area contributed by atoms with Crippen molar-refractivity contribution in [2.45, 2.75) is 36.6 Å². The number of thiophene rings is 1. The van der Waals surface area contributed by atoms with Crippen molar-refractivity contribution in [2.24, 2.45) is 17.6 Å². The van der Waals surface area contributed by atoms with Gasteiger partial charge in [-0.3, -0.25) is 9.78 Å². The number of aliphatic carboxylic acids is 1. The van der Waals surface area contributed by atoms with E-state index in [0.717, 1.165) is 38.2 Å². The number of carbonyl (C=O) groups is 1. The fourth-order valence-corrected chi connectivity index (χ4v) is 6.82. The molecule has 3 heterocycles. The van der Waals surface area contributed by atoms with Crippen molar-refractivity contribution in [1.29, 1.82) is 0 Å². The topological polar surface area (TPSA) is 88.7 Å². The molecule has 9 heteroatoms. The van der Waals surface area contributed by atoms with Crippen molar-refractivity contribution >= 4 is 40.0 Å². The highest BCUT2D eigenvalue weighted by Crippen LogP contribution is 2.35. The van der Waals surface area contributed by atoms with Crippen LogP contribution in [-0.4, -0.2) is 53.5 Å². The Bertz CT molecular complexity index is 1130. The van der Waals surface area contributed by atoms with Crippen LogP contribution in [0, 0.1) is 17.7 Å². The van der Waals surface area contributed by atoms with Gasteiger partial charge in [0.2, 0.25) is 0 Å². The van der Waals surface area contributed by atoms with Gasteiger partial charge in [-0.15, -0.1) is 11.8 Å². The molecule has 1 aliphatic rings. The number of carboxylic acid groups (broad SMARTS) is 1. The molecule has 2 aromatic heterocycles. The summed E-state index contributed by atoms with van der Waals surface area (Å²) in [5.41, 5.74) is 7.65. The highest BCUT2D eigenvalue weighted by molar-refractivity contribution is 7.99. The molecule has 1 aliphatic heterocycles. The fourth-order valence-electron chi connectivity index (χ4n) is 5.03. The summed E-state index contributed by atoms with van der Waals surface area (Å²) in [6.07, 6.45) is 3.66. The Morgan fingerprint density at radius 1 is 1.40 bits per heavy atom. The van der Waals surface area contributed by atoms with Gasteiger partial charge in [0.1, 0.15) is 11.6 Å². The Labute approximate surface area is 213 Å². The molecule has 1 aromatic carbocycles. The Morgan fingerprint density at radius 3 is 3.00 bits per heavy atom. The Morgan fingerprint density at radius 2 is 2.26 bits per heavy atom. The van der Waals surface area contributed by atoms with E-state index < -0.39 is 17.8 Å². The molecular weight excluding hydrogens is 485 g/mol. The van der Waals surface area contributed by atoms with E-state index in [1.807, 2.05) is 11.8 Å². The molecule has 4 rings (SSSR count). The van der Waals surface area contributed by atoms with Gasteiger partial charge in [-0.05, 0) is 67.3 Å². The van der Waals surface area contributed by atoms with Crippen molar-refractivity contribution in [3.63, 3.8) is 0 Å². The maximum Gasteiger partial charge on any atom is 0.303 e. The molecule has 2 unspecified atom stereocenters. The number of pyridine rings is 1. The fraction of sp³-hybridized carbons (Fsp3) is 0.462. The van der Waals surface area contributed by atoms with Crippen LogP contribution in [0.25, 0.3) is 10.9 Å². The van der Waals surface area contributed by atoms with Crippen LogP contribution in [0.2, 0.25) is 0 Å². The van der Waals surface area contributed by atoms with Gasteiger partial charge in [0.15, 0.2) is 0 Å². The average molecular weight is 518 g/mol. The molecule has 188 valence electrons. The molecular formula is C26H32FN3O3S2. The van der Waals surface area contributed by atoms with E-state index in [1.54, 1.807) is 36.6 Å². The van der Waals surface area contributed by atoms with Gasteiger partial charge in [-0.25, -0.2) is 4.39 Å². The number of hydrogen-bond acceptors (Lipinski definition) is 7. The summed E-state index contributed by atoms with van der Waals surface area (Å²) >= 11 is 3.54. The normalized spacial score (nSPS) is 19.6. The number of carboxylic acids is 1. The lowest BCUT2D eigenvalue weighted by molar-refractivity contribution is -0.139. The molecule has 0 spiro atoms. The maximum absolute atomic E-state index is 14.8. The van der Waals surface area contributed by atoms with Gasteiger partial charge in [0.25, 0.3) is 0 Å². The largest absolute Gasteiger partial charge is 0.497 e. The van der Waals surface area contributed by atoms with Crippen molar-refractivity contribution in [1.82, 2.24) is 9.88 Å². The van der Waals surface area contributed by atoms with Gasteiger partial charge < -0.3 is 20.5 Å². The number of benzene rings is 1. The molecule has 0 aliphatic carbocycles. The Balaban J connectivity index is 1.39. The summed E-state index contributed by atoms with van der Waals surface area (Å²) in [5, 5.41) is 14.4. The number of hydrogen-bond donors (Lipinski definition) is 2. The summed E-state index contributed by atoms with van der Waals surface area (Å²) < 4.78 is 20.1. The van der Waals surface area contributed by atoms with Crippen LogP contribution >= 0.6 is 23.1 Å². The zero-order valence-corrected chi connectivity index (χ0v) is 21.5. The second-order valence-electron chi connectivity index (χ2n) is 9.10. The van der Waals surface area contributed by atoms with E-state index >= 15 is 0 Å². The van der Waals surface area contributed by atoms with Crippen LogP contribution in [0.5, 0.6) is 5.75 Å². The van der Waals surface area contributed by atoms with Crippen LogP contribution in [0.15, 0.2) is 46.1 Å². The number of thioether (sulfide) groups is 1. The molecule has 3 N–H and O–H groups in total. The van der Waals surface area contributed by atoms with E-state index in [-0.39, 0.29) is 18.3 Å². The van der Waals surface area contributed by atoms with Crippen molar-refractivity contribution in [3.05, 3.63) is 52.6 Å². The smallest absolute Gasteiger partial charge is 0.303 e. The number of rotatable bonds is 11. The van der Waals surface area contributed by atoms with Crippen molar-refractivity contribution in [3.8, 4) is 5.75 Å². The van der Waals surface area contributed by atoms with Gasteiger partial charge >= 0.3 is 5.97 Å². The van der Waals surface area contributed by atoms with Gasteiger partial charge in [0, 0.05) is 52.5 Å². The Hall–Kier alpha value is -2.20. The maximum atomic E-state index is 14.8.